The number of carbonyl (C=O) groups is 3. The Kier molecular flexibility index (Phi) is 23.5. The van der Waals surface area contributed by atoms with Crippen LogP contribution in [0.15, 0.2) is 0 Å². The number of hydrogen-bond acceptors (Lipinski definition) is 4. The molecule has 0 aromatic carbocycles. The molecule has 0 radical (unpaired) electrons. The lowest BCUT2D eigenvalue weighted by Gasteiger charge is -2.36. The first-order chi connectivity index (χ1) is 12.4. The number of piperidine rings is 1. The van der Waals surface area contributed by atoms with E-state index in [4.69, 9.17) is 4.84 Å². The highest BCUT2D eigenvalue weighted by Gasteiger charge is 2.35. The van der Waals surface area contributed by atoms with Gasteiger partial charge in [-0.1, -0.05) is 76.7 Å². The molecule has 2 heterocycles. The molecule has 2 aliphatic rings. The van der Waals surface area contributed by atoms with Gasteiger partial charge in [-0.25, -0.2) is 4.79 Å². The van der Waals surface area contributed by atoms with Crippen LogP contribution in [-0.4, -0.2) is 41.0 Å². The number of imide groups is 1. The van der Waals surface area contributed by atoms with Crippen molar-refractivity contribution in [3.63, 3.8) is 0 Å². The maximum absolute atomic E-state index is 11.8. The molecular formula is C21H46N2O4. The fraction of sp³-hybridized carbons (Fsp3) is 0.857. The summed E-state index contributed by atoms with van der Waals surface area (Å²) < 4.78 is 0. The lowest BCUT2D eigenvalue weighted by molar-refractivity contribution is -0.174. The second-order valence-corrected chi connectivity index (χ2v) is 5.59. The lowest BCUT2D eigenvalue weighted by Crippen LogP contribution is -2.44. The number of nitrogens with zero attached hydrogens (tertiary/aromatic N) is 2. The van der Waals surface area contributed by atoms with Gasteiger partial charge in [0, 0.05) is 25.9 Å². The number of rotatable bonds is 1. The van der Waals surface area contributed by atoms with Gasteiger partial charge in [-0.15, -0.1) is 5.06 Å². The second kappa shape index (κ2) is 19.2. The standard InChI is InChI=1S/C12H18N2O4.4C2H6.CH4/c1-12(2)5-7-13(8-6-12)11(17)18-14-9(15)3-4-10(14)16;4*1-2;/h3-8H2,1-2H3;4*1-2H3;1H4. The molecular weight excluding hydrogens is 344 g/mol. The molecule has 6 nitrogen and oxygen atoms in total. The van der Waals surface area contributed by atoms with Crippen LogP contribution in [0.2, 0.25) is 0 Å². The Morgan fingerprint density at radius 1 is 0.815 bits per heavy atom. The van der Waals surface area contributed by atoms with E-state index < -0.39 is 17.9 Å². The van der Waals surface area contributed by atoms with Crippen LogP contribution in [0.1, 0.15) is 102 Å². The van der Waals surface area contributed by atoms with Crippen molar-refractivity contribution in [1.82, 2.24) is 9.96 Å². The fourth-order valence-corrected chi connectivity index (χ4v) is 2.09. The van der Waals surface area contributed by atoms with Gasteiger partial charge < -0.3 is 9.74 Å². The molecule has 2 fully saturated rings. The first-order valence-corrected chi connectivity index (χ1v) is 10.2. The highest BCUT2D eigenvalue weighted by molar-refractivity contribution is 6.01. The Morgan fingerprint density at radius 2 is 1.15 bits per heavy atom. The molecule has 0 aliphatic carbocycles. The maximum Gasteiger partial charge on any atom is 0.434 e. The van der Waals surface area contributed by atoms with Gasteiger partial charge in [0.1, 0.15) is 0 Å². The Hall–Kier alpha value is -1.59. The van der Waals surface area contributed by atoms with Gasteiger partial charge in [0.05, 0.1) is 0 Å². The summed E-state index contributed by atoms with van der Waals surface area (Å²) in [5.41, 5.74) is 0.232. The number of hydroxylamine groups is 2. The van der Waals surface area contributed by atoms with E-state index in [1.807, 2.05) is 55.4 Å². The van der Waals surface area contributed by atoms with Crippen molar-refractivity contribution in [3.8, 4) is 0 Å². The van der Waals surface area contributed by atoms with Crippen molar-refractivity contribution in [1.29, 1.82) is 0 Å². The zero-order chi connectivity index (χ0) is 21.3. The minimum absolute atomic E-state index is 0. The molecule has 0 N–H and O–H groups in total. The number of carbonyl (C=O) groups excluding carboxylic acids is 3. The topological polar surface area (TPSA) is 66.9 Å². The largest absolute Gasteiger partial charge is 0.434 e. The molecule has 0 atom stereocenters. The van der Waals surface area contributed by atoms with E-state index in [-0.39, 0.29) is 25.7 Å². The van der Waals surface area contributed by atoms with Gasteiger partial charge in [0.2, 0.25) is 0 Å². The van der Waals surface area contributed by atoms with Gasteiger partial charge in [-0.3, -0.25) is 9.59 Å². The Balaban J connectivity index is -0.000000261. The Morgan fingerprint density at radius 3 is 1.48 bits per heavy atom. The molecule has 2 aliphatic heterocycles. The minimum Gasteiger partial charge on any atom is -0.311 e. The molecule has 2 saturated heterocycles. The third kappa shape index (κ3) is 12.4. The molecule has 0 bridgehead atoms. The van der Waals surface area contributed by atoms with Crippen LogP contribution in [0.5, 0.6) is 0 Å². The third-order valence-corrected chi connectivity index (χ3v) is 3.55. The summed E-state index contributed by atoms with van der Waals surface area (Å²) in [4.78, 5) is 40.9. The van der Waals surface area contributed by atoms with Gasteiger partial charge in [-0.2, -0.15) is 0 Å². The number of hydrogen-bond donors (Lipinski definition) is 0. The molecule has 164 valence electrons. The monoisotopic (exact) mass is 390 g/mol. The highest BCUT2D eigenvalue weighted by Crippen LogP contribution is 2.30. The van der Waals surface area contributed by atoms with Crippen LogP contribution in [0, 0.1) is 5.41 Å². The molecule has 0 aromatic rings. The predicted molar refractivity (Wildman–Crippen MR) is 114 cm³/mol. The SMILES string of the molecule is C.CC.CC.CC.CC.CC1(C)CCN(C(=O)ON2C(=O)CCC2=O)CC1. The summed E-state index contributed by atoms with van der Waals surface area (Å²) in [6.07, 6.45) is 1.43. The number of amides is 3. The normalized spacial score (nSPS) is 16.5. The van der Waals surface area contributed by atoms with Gasteiger partial charge in [0.15, 0.2) is 0 Å². The zero-order valence-corrected chi connectivity index (χ0v) is 18.8. The lowest BCUT2D eigenvalue weighted by atomic mass is 9.83. The van der Waals surface area contributed by atoms with E-state index in [9.17, 15) is 14.4 Å². The summed E-state index contributed by atoms with van der Waals surface area (Å²) >= 11 is 0. The van der Waals surface area contributed by atoms with Crippen molar-refractivity contribution in [2.75, 3.05) is 13.1 Å². The Bertz CT molecular complexity index is 370. The molecule has 2 rings (SSSR count). The fourth-order valence-electron chi connectivity index (χ4n) is 2.09. The van der Waals surface area contributed by atoms with Crippen LogP contribution in [0.3, 0.4) is 0 Å². The summed E-state index contributed by atoms with van der Waals surface area (Å²) in [5.74, 6) is -0.878. The first kappa shape index (κ1) is 33.0. The quantitative estimate of drug-likeness (QED) is 0.511. The predicted octanol–water partition coefficient (Wildman–Crippen LogP) is 6.05. The van der Waals surface area contributed by atoms with Crippen molar-refractivity contribution in [2.24, 2.45) is 5.41 Å². The van der Waals surface area contributed by atoms with Crippen molar-refractivity contribution >= 4 is 17.9 Å². The van der Waals surface area contributed by atoms with Crippen LogP contribution < -0.4 is 0 Å². The van der Waals surface area contributed by atoms with Crippen LogP contribution in [0.4, 0.5) is 4.79 Å². The third-order valence-electron chi connectivity index (χ3n) is 3.55. The smallest absolute Gasteiger partial charge is 0.311 e. The molecule has 6 heteroatoms. The summed E-state index contributed by atoms with van der Waals surface area (Å²) in [7, 11) is 0. The molecule has 0 saturated carbocycles. The van der Waals surface area contributed by atoms with Crippen molar-refractivity contribution < 1.29 is 19.2 Å². The molecule has 0 spiro atoms. The van der Waals surface area contributed by atoms with Crippen molar-refractivity contribution in [2.45, 2.75) is 102 Å². The van der Waals surface area contributed by atoms with E-state index in [1.54, 1.807) is 4.90 Å². The van der Waals surface area contributed by atoms with Crippen LogP contribution in [-0.2, 0) is 14.4 Å². The summed E-state index contributed by atoms with van der Waals surface area (Å²) in [6, 6.07) is 0. The van der Waals surface area contributed by atoms with Crippen LogP contribution >= 0.6 is 0 Å². The average Bonchev–Trinajstić information content (AvgIpc) is 3.00. The van der Waals surface area contributed by atoms with E-state index in [1.165, 1.54) is 0 Å². The molecule has 27 heavy (non-hydrogen) atoms. The number of likely N-dealkylation sites (tertiary alicyclic amines) is 1. The van der Waals surface area contributed by atoms with Gasteiger partial charge >= 0.3 is 6.09 Å². The first-order valence-electron chi connectivity index (χ1n) is 10.2. The van der Waals surface area contributed by atoms with Gasteiger partial charge in [-0.05, 0) is 18.3 Å². The average molecular weight is 391 g/mol. The minimum atomic E-state index is -0.603. The van der Waals surface area contributed by atoms with E-state index in [2.05, 4.69) is 13.8 Å². The highest BCUT2D eigenvalue weighted by atomic mass is 16.7. The van der Waals surface area contributed by atoms with E-state index in [0.29, 0.717) is 18.2 Å². The van der Waals surface area contributed by atoms with E-state index in [0.717, 1.165) is 12.8 Å². The van der Waals surface area contributed by atoms with Gasteiger partial charge in [0.25, 0.3) is 11.8 Å². The summed E-state index contributed by atoms with van der Waals surface area (Å²) in [6.45, 7) is 21.5. The molecule has 0 aromatic heterocycles. The van der Waals surface area contributed by atoms with Crippen molar-refractivity contribution in [3.05, 3.63) is 0 Å². The maximum atomic E-state index is 11.8. The van der Waals surface area contributed by atoms with E-state index >= 15 is 0 Å². The summed E-state index contributed by atoms with van der Waals surface area (Å²) in [5, 5.41) is 0.599. The molecule has 0 unspecified atom stereocenters. The van der Waals surface area contributed by atoms with Crippen LogP contribution in [0.25, 0.3) is 0 Å². The second-order valence-electron chi connectivity index (χ2n) is 5.59. The zero-order valence-electron chi connectivity index (χ0n) is 18.8. The molecule has 3 amide bonds. The Labute approximate surface area is 168 Å².